The molecule has 0 aliphatic heterocycles. The lowest BCUT2D eigenvalue weighted by atomic mass is 9.81. The van der Waals surface area contributed by atoms with Crippen LogP contribution in [0.2, 0.25) is 0 Å². The third kappa shape index (κ3) is 6.71. The molecule has 0 saturated heterocycles. The second-order valence-corrected chi connectivity index (χ2v) is 20.7. The van der Waals surface area contributed by atoms with Crippen LogP contribution in [0.1, 0.15) is 90.5 Å². The van der Waals surface area contributed by atoms with Crippen LogP contribution in [-0.2, 0) is 23.7 Å². The van der Waals surface area contributed by atoms with Crippen molar-refractivity contribution in [2.24, 2.45) is 0 Å². The predicted molar refractivity (Wildman–Crippen MR) is 299 cm³/mol. The molecule has 10 aromatic carbocycles. The van der Waals surface area contributed by atoms with Gasteiger partial charge in [0, 0.05) is 54.8 Å². The van der Waals surface area contributed by atoms with E-state index in [1.807, 2.05) is 0 Å². The van der Waals surface area contributed by atoms with Crippen molar-refractivity contribution in [3.8, 4) is 0 Å². The second-order valence-electron chi connectivity index (χ2n) is 20.7. The predicted octanol–water partition coefficient (Wildman–Crippen LogP) is 19.8. The molecule has 12 aromatic rings. The van der Waals surface area contributed by atoms with Crippen LogP contribution < -0.4 is 9.80 Å². The van der Waals surface area contributed by atoms with E-state index in [0.717, 1.165) is 104 Å². The van der Waals surface area contributed by atoms with Crippen molar-refractivity contribution in [3.63, 3.8) is 0 Å². The van der Waals surface area contributed by atoms with Gasteiger partial charge in [-0.15, -0.1) is 0 Å². The number of fused-ring (bicyclic) bond motifs is 6. The van der Waals surface area contributed by atoms with Crippen molar-refractivity contribution in [2.45, 2.75) is 91.9 Å². The maximum atomic E-state index is 7.16. The highest BCUT2D eigenvalue weighted by Crippen LogP contribution is 2.51. The summed E-state index contributed by atoms with van der Waals surface area (Å²) in [7, 11) is 0. The summed E-state index contributed by atoms with van der Waals surface area (Å²) >= 11 is 0. The Kier molecular flexibility index (Phi) is 10.3. The van der Waals surface area contributed by atoms with E-state index in [1.54, 1.807) is 0 Å². The molecule has 2 heterocycles. The summed E-state index contributed by atoms with van der Waals surface area (Å²) in [6, 6.07) is 63.2. The standard InChI is InChI=1S/C66H60N2O2/c1-9-41-25-33-45(34-26-41)67(57-23-15-19-49-47-17-13-21-53(65(5,6)11-3)61(47)69-63(49)57)55-39-31-43-30-38-52-56(40-32-44-29-37-51(55)59(43)60(44)52)68(46-35-27-42(10-2)28-36-46)58-24-16-20-50-48-18-14-22-54(66(7,8)12-4)62(48)70-64(50)58/h13-40H,9-12H2,1-8H3. The van der Waals surface area contributed by atoms with Gasteiger partial charge in [-0.2, -0.15) is 0 Å². The highest BCUT2D eigenvalue weighted by Gasteiger charge is 2.29. The Morgan fingerprint density at radius 3 is 1.07 bits per heavy atom. The molecule has 4 nitrogen and oxygen atoms in total. The zero-order chi connectivity index (χ0) is 48.1. The minimum atomic E-state index is -0.0450. The lowest BCUT2D eigenvalue weighted by Crippen LogP contribution is -2.15. The number of rotatable bonds is 12. The van der Waals surface area contributed by atoms with Gasteiger partial charge in [-0.1, -0.05) is 177 Å². The van der Waals surface area contributed by atoms with Crippen molar-refractivity contribution in [3.05, 3.63) is 192 Å². The number of furan rings is 2. The Morgan fingerprint density at radius 1 is 0.343 bits per heavy atom. The molecule has 0 bridgehead atoms. The monoisotopic (exact) mass is 912 g/mol. The van der Waals surface area contributed by atoms with Crippen molar-refractivity contribution in [1.29, 1.82) is 0 Å². The molecule has 0 atom stereocenters. The van der Waals surface area contributed by atoms with Crippen molar-refractivity contribution in [2.75, 3.05) is 9.80 Å². The zero-order valence-corrected chi connectivity index (χ0v) is 41.7. The quantitative estimate of drug-likeness (QED) is 0.114. The summed E-state index contributed by atoms with van der Waals surface area (Å²) in [5.74, 6) is 0. The molecule has 12 rings (SSSR count). The first-order valence-corrected chi connectivity index (χ1v) is 25.4. The number of nitrogens with zero attached hydrogens (tertiary/aromatic N) is 2. The van der Waals surface area contributed by atoms with Gasteiger partial charge in [-0.3, -0.25) is 0 Å². The normalized spacial score (nSPS) is 12.5. The number of para-hydroxylation sites is 4. The Balaban J connectivity index is 1.11. The number of hydrogen-bond donors (Lipinski definition) is 0. The van der Waals surface area contributed by atoms with E-state index in [-0.39, 0.29) is 10.8 Å². The van der Waals surface area contributed by atoms with Gasteiger partial charge in [-0.05, 0) is 118 Å². The summed E-state index contributed by atoms with van der Waals surface area (Å²) in [5, 5.41) is 11.8. The van der Waals surface area contributed by atoms with Crippen LogP contribution >= 0.6 is 0 Å². The fourth-order valence-corrected chi connectivity index (χ4v) is 11.1. The molecule has 2 aromatic heterocycles. The number of anilines is 6. The summed E-state index contributed by atoms with van der Waals surface area (Å²) in [6.45, 7) is 18.2. The first-order valence-electron chi connectivity index (χ1n) is 25.4. The molecule has 0 aliphatic carbocycles. The highest BCUT2D eigenvalue weighted by molar-refractivity contribution is 6.29. The lowest BCUT2D eigenvalue weighted by molar-refractivity contribution is 0.500. The third-order valence-corrected chi connectivity index (χ3v) is 16.0. The van der Waals surface area contributed by atoms with E-state index in [1.165, 1.54) is 54.6 Å². The number of hydrogen-bond acceptors (Lipinski definition) is 4. The van der Waals surface area contributed by atoms with Crippen LogP contribution in [0.5, 0.6) is 0 Å². The fourth-order valence-electron chi connectivity index (χ4n) is 11.1. The van der Waals surface area contributed by atoms with Crippen molar-refractivity contribution in [1.82, 2.24) is 0 Å². The number of benzene rings is 10. The van der Waals surface area contributed by atoms with Crippen LogP contribution in [0, 0.1) is 0 Å². The Labute approximate surface area is 411 Å². The van der Waals surface area contributed by atoms with E-state index >= 15 is 0 Å². The molecule has 0 saturated carbocycles. The van der Waals surface area contributed by atoms with E-state index in [4.69, 9.17) is 8.83 Å². The van der Waals surface area contributed by atoms with Crippen LogP contribution in [0.15, 0.2) is 179 Å². The molecule has 0 amide bonds. The van der Waals surface area contributed by atoms with Crippen LogP contribution in [0.3, 0.4) is 0 Å². The topological polar surface area (TPSA) is 32.8 Å². The highest BCUT2D eigenvalue weighted by atomic mass is 16.3. The molecular weight excluding hydrogens is 853 g/mol. The maximum Gasteiger partial charge on any atom is 0.159 e. The minimum absolute atomic E-state index is 0.0450. The maximum absolute atomic E-state index is 7.16. The average molecular weight is 913 g/mol. The SMILES string of the molecule is CCc1ccc(N(c2ccc3ccc4c(N(c5ccc(CC)cc5)c5cccc6c5oc5c(C(C)(C)CC)cccc56)ccc5ccc2c3c54)c2cccc3c2oc2c(C(C)(C)CC)cccc23)cc1. The summed E-state index contributed by atoms with van der Waals surface area (Å²) in [5.41, 5.74) is 15.1. The van der Waals surface area contributed by atoms with E-state index in [9.17, 15) is 0 Å². The van der Waals surface area contributed by atoms with Gasteiger partial charge in [0.1, 0.15) is 11.2 Å². The van der Waals surface area contributed by atoms with Gasteiger partial charge in [0.2, 0.25) is 0 Å². The third-order valence-electron chi connectivity index (χ3n) is 16.0. The Morgan fingerprint density at radius 2 is 0.700 bits per heavy atom. The molecule has 0 N–H and O–H groups in total. The van der Waals surface area contributed by atoms with Gasteiger partial charge in [0.15, 0.2) is 11.2 Å². The molecule has 346 valence electrons. The molecule has 0 unspecified atom stereocenters. The Hall–Kier alpha value is -7.56. The summed E-state index contributed by atoms with van der Waals surface area (Å²) in [4.78, 5) is 4.86. The van der Waals surface area contributed by atoms with Gasteiger partial charge >= 0.3 is 0 Å². The van der Waals surface area contributed by atoms with Gasteiger partial charge in [0.05, 0.1) is 22.7 Å². The molecule has 0 radical (unpaired) electrons. The van der Waals surface area contributed by atoms with E-state index < -0.39 is 0 Å². The molecular formula is C66H60N2O2. The zero-order valence-electron chi connectivity index (χ0n) is 41.7. The Bertz CT molecular complexity index is 3680. The van der Waals surface area contributed by atoms with Crippen LogP contribution in [0.4, 0.5) is 34.1 Å². The molecule has 4 heteroatoms. The van der Waals surface area contributed by atoms with E-state index in [0.29, 0.717) is 0 Å². The smallest absolute Gasteiger partial charge is 0.159 e. The lowest BCUT2D eigenvalue weighted by Gasteiger charge is -2.29. The van der Waals surface area contributed by atoms with Gasteiger partial charge < -0.3 is 18.6 Å². The van der Waals surface area contributed by atoms with Gasteiger partial charge in [-0.25, -0.2) is 0 Å². The summed E-state index contributed by atoms with van der Waals surface area (Å²) in [6.07, 6.45) is 3.96. The number of aryl methyl sites for hydroxylation is 2. The van der Waals surface area contributed by atoms with Crippen LogP contribution in [0.25, 0.3) is 76.2 Å². The van der Waals surface area contributed by atoms with E-state index in [2.05, 4.69) is 235 Å². The van der Waals surface area contributed by atoms with Gasteiger partial charge in [0.25, 0.3) is 0 Å². The minimum Gasteiger partial charge on any atom is -0.454 e. The molecule has 0 spiro atoms. The van der Waals surface area contributed by atoms with Crippen molar-refractivity contribution < 1.29 is 8.83 Å². The molecule has 0 fully saturated rings. The fraction of sp³-hybridized carbons (Fsp3) is 0.212. The average Bonchev–Trinajstić information content (AvgIpc) is 3.99. The first-order chi connectivity index (χ1) is 34.0. The first kappa shape index (κ1) is 43.7. The molecule has 0 aliphatic rings. The van der Waals surface area contributed by atoms with Crippen molar-refractivity contribution >= 4 is 110 Å². The summed E-state index contributed by atoms with van der Waals surface area (Å²) < 4.78 is 14.3. The second kappa shape index (κ2) is 16.6. The molecule has 70 heavy (non-hydrogen) atoms. The largest absolute Gasteiger partial charge is 0.454 e. The van der Waals surface area contributed by atoms with Crippen LogP contribution in [-0.4, -0.2) is 0 Å².